The first kappa shape index (κ1) is 12.6. The second kappa shape index (κ2) is 4.68. The Balaban J connectivity index is 1.67. The third kappa shape index (κ3) is 2.12. The maximum absolute atomic E-state index is 12.4. The van der Waals surface area contributed by atoms with Gasteiger partial charge in [-0.3, -0.25) is 9.48 Å². The van der Waals surface area contributed by atoms with Gasteiger partial charge in [0.2, 0.25) is 5.91 Å². The van der Waals surface area contributed by atoms with Crippen LogP contribution in [-0.2, 0) is 11.8 Å². The number of amides is 1. The van der Waals surface area contributed by atoms with Crippen LogP contribution >= 0.6 is 0 Å². The van der Waals surface area contributed by atoms with E-state index in [0.717, 1.165) is 49.1 Å². The predicted octanol–water partition coefficient (Wildman–Crippen LogP) is 0.611. The van der Waals surface area contributed by atoms with Crippen molar-refractivity contribution in [3.63, 3.8) is 0 Å². The quantitative estimate of drug-likeness (QED) is 0.894. The third-order valence-corrected chi connectivity index (χ3v) is 4.26. The second-order valence-corrected chi connectivity index (χ2v) is 5.84. The number of nitrogens with zero attached hydrogens (tertiary/aromatic N) is 5. The van der Waals surface area contributed by atoms with Gasteiger partial charge in [0.25, 0.3) is 0 Å². The molecule has 1 aliphatic heterocycles. The Kier molecular flexibility index (Phi) is 2.80. The van der Waals surface area contributed by atoms with Crippen LogP contribution in [0.4, 0.5) is 5.82 Å². The van der Waals surface area contributed by atoms with Crippen LogP contribution < -0.4 is 10.2 Å². The van der Waals surface area contributed by atoms with Crippen molar-refractivity contribution >= 4 is 22.8 Å². The van der Waals surface area contributed by atoms with Gasteiger partial charge in [-0.2, -0.15) is 5.10 Å². The maximum Gasteiger partial charge on any atom is 0.242 e. The average Bonchev–Trinajstić information content (AvgIpc) is 3.02. The summed E-state index contributed by atoms with van der Waals surface area (Å²) in [7, 11) is 1.86. The van der Waals surface area contributed by atoms with Crippen molar-refractivity contribution in [1.29, 1.82) is 0 Å². The van der Waals surface area contributed by atoms with Crippen LogP contribution in [0.2, 0.25) is 0 Å². The Labute approximate surface area is 122 Å². The number of anilines is 1. The standard InChI is InChI=1S/C14H18N6O/c1-19-12-10(7-17-19)13(16-8-15-12)20-6-2-3-11(20)14(21)18-9-4-5-9/h7-9,11H,2-6H2,1H3,(H,18,21)/t11-/m1/s1. The van der Waals surface area contributed by atoms with Crippen molar-refractivity contribution in [1.82, 2.24) is 25.1 Å². The summed E-state index contributed by atoms with van der Waals surface area (Å²) in [6.45, 7) is 0.851. The fourth-order valence-corrected chi connectivity index (χ4v) is 3.00. The van der Waals surface area contributed by atoms with E-state index in [0.29, 0.717) is 6.04 Å². The molecule has 1 atom stereocenters. The van der Waals surface area contributed by atoms with Crippen LogP contribution in [0.5, 0.6) is 0 Å². The summed E-state index contributed by atoms with van der Waals surface area (Å²) in [6, 6.07) is 0.271. The molecule has 2 aromatic rings. The van der Waals surface area contributed by atoms with Crippen molar-refractivity contribution in [2.24, 2.45) is 7.05 Å². The highest BCUT2D eigenvalue weighted by Crippen LogP contribution is 2.30. The summed E-state index contributed by atoms with van der Waals surface area (Å²) >= 11 is 0. The normalized spacial score (nSPS) is 22.0. The minimum Gasteiger partial charge on any atom is -0.352 e. The minimum absolute atomic E-state index is 0.121. The van der Waals surface area contributed by atoms with Crippen molar-refractivity contribution in [3.05, 3.63) is 12.5 Å². The number of hydrogen-bond acceptors (Lipinski definition) is 5. The van der Waals surface area contributed by atoms with Gasteiger partial charge in [0, 0.05) is 19.6 Å². The van der Waals surface area contributed by atoms with E-state index in [1.807, 2.05) is 7.05 Å². The summed E-state index contributed by atoms with van der Waals surface area (Å²) in [4.78, 5) is 23.2. The highest BCUT2D eigenvalue weighted by Gasteiger charge is 2.35. The summed E-state index contributed by atoms with van der Waals surface area (Å²) in [5, 5.41) is 8.26. The molecular formula is C14H18N6O. The van der Waals surface area contributed by atoms with Crippen LogP contribution in [0.1, 0.15) is 25.7 Å². The number of hydrogen-bond donors (Lipinski definition) is 1. The first-order chi connectivity index (χ1) is 10.2. The first-order valence-electron chi connectivity index (χ1n) is 7.44. The number of rotatable bonds is 3. The van der Waals surface area contributed by atoms with Gasteiger partial charge in [-0.1, -0.05) is 0 Å². The number of aromatic nitrogens is 4. The van der Waals surface area contributed by atoms with Gasteiger partial charge < -0.3 is 10.2 Å². The number of fused-ring (bicyclic) bond motifs is 1. The topological polar surface area (TPSA) is 75.9 Å². The highest BCUT2D eigenvalue weighted by atomic mass is 16.2. The lowest BCUT2D eigenvalue weighted by atomic mass is 10.2. The number of carbonyl (C=O) groups excluding carboxylic acids is 1. The summed E-state index contributed by atoms with van der Waals surface area (Å²) in [5.41, 5.74) is 0.799. The number of aryl methyl sites for hydroxylation is 1. The van der Waals surface area contributed by atoms with Crippen LogP contribution in [-0.4, -0.2) is 44.3 Å². The number of carbonyl (C=O) groups is 1. The van der Waals surface area contributed by atoms with Crippen LogP contribution in [0.25, 0.3) is 11.0 Å². The molecule has 1 N–H and O–H groups in total. The lowest BCUT2D eigenvalue weighted by Gasteiger charge is -2.25. The van der Waals surface area contributed by atoms with Crippen molar-refractivity contribution < 1.29 is 4.79 Å². The largest absolute Gasteiger partial charge is 0.352 e. The molecule has 3 heterocycles. The zero-order valence-corrected chi connectivity index (χ0v) is 12.0. The van der Waals surface area contributed by atoms with E-state index >= 15 is 0 Å². The van der Waals surface area contributed by atoms with Crippen molar-refractivity contribution in [2.45, 2.75) is 37.8 Å². The zero-order chi connectivity index (χ0) is 14.4. The van der Waals surface area contributed by atoms with E-state index in [1.165, 1.54) is 0 Å². The molecule has 0 bridgehead atoms. The van der Waals surface area contributed by atoms with Gasteiger partial charge in [-0.05, 0) is 25.7 Å². The molecule has 7 heteroatoms. The Morgan fingerprint density at radius 2 is 2.19 bits per heavy atom. The molecule has 4 rings (SSSR count). The molecule has 1 amide bonds. The Bertz CT molecular complexity index is 692. The summed E-state index contributed by atoms with van der Waals surface area (Å²) < 4.78 is 1.73. The van der Waals surface area contributed by atoms with Gasteiger partial charge in [0.1, 0.15) is 18.2 Å². The second-order valence-electron chi connectivity index (χ2n) is 5.84. The van der Waals surface area contributed by atoms with Crippen LogP contribution in [0.15, 0.2) is 12.5 Å². The smallest absolute Gasteiger partial charge is 0.242 e. The predicted molar refractivity (Wildman–Crippen MR) is 77.8 cm³/mol. The van der Waals surface area contributed by atoms with Gasteiger partial charge in [0.05, 0.1) is 11.6 Å². The molecule has 7 nitrogen and oxygen atoms in total. The van der Waals surface area contributed by atoms with E-state index in [1.54, 1.807) is 17.2 Å². The van der Waals surface area contributed by atoms with Crippen LogP contribution in [0.3, 0.4) is 0 Å². The highest BCUT2D eigenvalue weighted by molar-refractivity contribution is 5.92. The van der Waals surface area contributed by atoms with Crippen LogP contribution in [0, 0.1) is 0 Å². The maximum atomic E-state index is 12.4. The molecule has 1 saturated heterocycles. The SMILES string of the molecule is Cn1ncc2c(N3CCC[C@@H]3C(=O)NC3CC3)ncnc21. The lowest BCUT2D eigenvalue weighted by molar-refractivity contribution is -0.122. The first-order valence-corrected chi connectivity index (χ1v) is 7.44. The fourth-order valence-electron chi connectivity index (χ4n) is 3.00. The molecule has 0 radical (unpaired) electrons. The Morgan fingerprint density at radius 3 is 3.00 bits per heavy atom. The molecule has 2 fully saturated rings. The van der Waals surface area contributed by atoms with Gasteiger partial charge in [0.15, 0.2) is 5.65 Å². The molecule has 2 aliphatic rings. The Morgan fingerprint density at radius 1 is 1.33 bits per heavy atom. The fraction of sp³-hybridized carbons (Fsp3) is 0.571. The molecule has 21 heavy (non-hydrogen) atoms. The van der Waals surface area contributed by atoms with Crippen molar-refractivity contribution in [2.75, 3.05) is 11.4 Å². The number of nitrogens with one attached hydrogen (secondary N) is 1. The molecule has 2 aromatic heterocycles. The summed E-state index contributed by atoms with van der Waals surface area (Å²) in [6.07, 6.45) is 7.43. The monoisotopic (exact) mass is 286 g/mol. The lowest BCUT2D eigenvalue weighted by Crippen LogP contribution is -2.44. The van der Waals surface area contributed by atoms with E-state index in [4.69, 9.17) is 0 Å². The third-order valence-electron chi connectivity index (χ3n) is 4.26. The molecule has 0 spiro atoms. The molecule has 0 aromatic carbocycles. The summed E-state index contributed by atoms with van der Waals surface area (Å²) in [5.74, 6) is 0.951. The molecular weight excluding hydrogens is 268 g/mol. The van der Waals surface area contributed by atoms with Gasteiger partial charge in [-0.25, -0.2) is 9.97 Å². The van der Waals surface area contributed by atoms with Gasteiger partial charge in [-0.15, -0.1) is 0 Å². The van der Waals surface area contributed by atoms with Gasteiger partial charge >= 0.3 is 0 Å². The molecule has 0 unspecified atom stereocenters. The molecule has 110 valence electrons. The Hall–Kier alpha value is -2.18. The van der Waals surface area contributed by atoms with E-state index < -0.39 is 0 Å². The minimum atomic E-state index is -0.121. The molecule has 1 aliphatic carbocycles. The molecule has 1 saturated carbocycles. The zero-order valence-electron chi connectivity index (χ0n) is 12.0. The van der Waals surface area contributed by atoms with E-state index in [2.05, 4.69) is 25.3 Å². The van der Waals surface area contributed by atoms with E-state index in [-0.39, 0.29) is 11.9 Å². The van der Waals surface area contributed by atoms with E-state index in [9.17, 15) is 4.79 Å². The average molecular weight is 286 g/mol. The van der Waals surface area contributed by atoms with Crippen molar-refractivity contribution in [3.8, 4) is 0 Å².